The van der Waals surface area contributed by atoms with Gasteiger partial charge in [-0.15, -0.1) is 0 Å². The lowest BCUT2D eigenvalue weighted by Gasteiger charge is -2.28. The molecule has 7 nitrogen and oxygen atoms in total. The minimum atomic E-state index is -0.511. The van der Waals surface area contributed by atoms with E-state index in [2.05, 4.69) is 10.9 Å². The van der Waals surface area contributed by atoms with Crippen molar-refractivity contribution in [2.75, 3.05) is 18.1 Å². The van der Waals surface area contributed by atoms with Crippen molar-refractivity contribution in [2.45, 2.75) is 6.92 Å². The summed E-state index contributed by atoms with van der Waals surface area (Å²) in [6, 6.07) is 6.95. The number of amides is 3. The number of nitrogens with zero attached hydrogens (tertiary/aromatic N) is 1. The van der Waals surface area contributed by atoms with Gasteiger partial charge in [0.05, 0.1) is 5.69 Å². The number of hydrogen-bond acceptors (Lipinski definition) is 4. The fourth-order valence-electron chi connectivity index (χ4n) is 1.94. The summed E-state index contributed by atoms with van der Waals surface area (Å²) in [6.07, 6.45) is 6.27. The van der Waals surface area contributed by atoms with E-state index < -0.39 is 11.8 Å². The molecule has 3 amide bonds. The van der Waals surface area contributed by atoms with Crippen LogP contribution in [0.1, 0.15) is 6.92 Å². The fourth-order valence-corrected chi connectivity index (χ4v) is 1.94. The second-order valence-corrected chi connectivity index (χ2v) is 4.66. The Kier molecular flexibility index (Phi) is 5.51. The third kappa shape index (κ3) is 4.44. The van der Waals surface area contributed by atoms with Crippen molar-refractivity contribution >= 4 is 23.4 Å². The van der Waals surface area contributed by atoms with E-state index in [4.69, 9.17) is 4.74 Å². The second kappa shape index (κ2) is 7.79. The molecule has 0 spiro atoms. The zero-order chi connectivity index (χ0) is 16.7. The number of anilines is 1. The highest BCUT2D eigenvalue weighted by molar-refractivity contribution is 6.02. The smallest absolute Gasteiger partial charge is 0.265 e. The van der Waals surface area contributed by atoms with Gasteiger partial charge in [0.15, 0.2) is 6.61 Å². The molecule has 1 aliphatic heterocycles. The topological polar surface area (TPSA) is 87.7 Å². The molecule has 1 aliphatic rings. The van der Waals surface area contributed by atoms with E-state index in [-0.39, 0.29) is 19.1 Å². The lowest BCUT2D eigenvalue weighted by Crippen LogP contribution is -2.49. The molecule has 0 saturated carbocycles. The molecular weight excluding hydrogens is 298 g/mol. The first-order chi connectivity index (χ1) is 11.1. The SMILES string of the molecule is C/C=C/C=C/C(=O)NNC(=O)CN1C(=O)COc2ccccc21. The van der Waals surface area contributed by atoms with Crippen LogP contribution >= 0.6 is 0 Å². The van der Waals surface area contributed by atoms with Gasteiger partial charge in [0, 0.05) is 6.08 Å². The number of allylic oxidation sites excluding steroid dienone is 3. The van der Waals surface area contributed by atoms with Crippen LogP contribution in [0.4, 0.5) is 5.69 Å². The number of hydrogen-bond donors (Lipinski definition) is 2. The van der Waals surface area contributed by atoms with Crippen molar-refractivity contribution in [3.63, 3.8) is 0 Å². The van der Waals surface area contributed by atoms with Gasteiger partial charge in [-0.3, -0.25) is 30.1 Å². The van der Waals surface area contributed by atoms with Crippen LogP contribution in [0, 0.1) is 0 Å². The Hall–Kier alpha value is -3.09. The van der Waals surface area contributed by atoms with Gasteiger partial charge >= 0.3 is 0 Å². The third-order valence-electron chi connectivity index (χ3n) is 2.99. The van der Waals surface area contributed by atoms with Gasteiger partial charge in [0.2, 0.25) is 0 Å². The highest BCUT2D eigenvalue weighted by Crippen LogP contribution is 2.30. The number of fused-ring (bicyclic) bond motifs is 1. The van der Waals surface area contributed by atoms with Gasteiger partial charge in [-0.05, 0) is 19.1 Å². The predicted molar refractivity (Wildman–Crippen MR) is 84.5 cm³/mol. The maximum atomic E-state index is 11.9. The van der Waals surface area contributed by atoms with Crippen LogP contribution in [-0.2, 0) is 14.4 Å². The average Bonchev–Trinajstić information content (AvgIpc) is 2.56. The van der Waals surface area contributed by atoms with Gasteiger partial charge in [-0.2, -0.15) is 0 Å². The Morgan fingerprint density at radius 1 is 1.26 bits per heavy atom. The molecule has 1 aromatic carbocycles. The monoisotopic (exact) mass is 315 g/mol. The minimum absolute atomic E-state index is 0.122. The van der Waals surface area contributed by atoms with Crippen LogP contribution in [0.3, 0.4) is 0 Å². The average molecular weight is 315 g/mol. The molecule has 0 aromatic heterocycles. The molecule has 1 heterocycles. The molecule has 0 atom stereocenters. The first kappa shape index (κ1) is 16.3. The minimum Gasteiger partial charge on any atom is -0.482 e. The van der Waals surface area contributed by atoms with Crippen molar-refractivity contribution in [1.82, 2.24) is 10.9 Å². The van der Waals surface area contributed by atoms with Crippen molar-refractivity contribution < 1.29 is 19.1 Å². The van der Waals surface area contributed by atoms with Crippen molar-refractivity contribution in [2.24, 2.45) is 0 Å². The Morgan fingerprint density at radius 2 is 2.04 bits per heavy atom. The Bertz CT molecular complexity index is 667. The molecule has 0 bridgehead atoms. The van der Waals surface area contributed by atoms with Crippen LogP contribution < -0.4 is 20.5 Å². The molecule has 120 valence electrons. The van der Waals surface area contributed by atoms with E-state index in [1.54, 1.807) is 42.5 Å². The Morgan fingerprint density at radius 3 is 2.83 bits per heavy atom. The highest BCUT2D eigenvalue weighted by Gasteiger charge is 2.26. The summed E-state index contributed by atoms with van der Waals surface area (Å²) in [5.74, 6) is -0.760. The normalized spacial score (nSPS) is 13.8. The summed E-state index contributed by atoms with van der Waals surface area (Å²) >= 11 is 0. The maximum Gasteiger partial charge on any atom is 0.265 e. The largest absolute Gasteiger partial charge is 0.482 e. The molecule has 2 rings (SSSR count). The van der Waals surface area contributed by atoms with Crippen molar-refractivity contribution in [3.05, 3.63) is 48.6 Å². The van der Waals surface area contributed by atoms with Crippen LogP contribution in [-0.4, -0.2) is 30.9 Å². The summed E-state index contributed by atoms with van der Waals surface area (Å²) in [5, 5.41) is 0. The van der Waals surface area contributed by atoms with Gasteiger partial charge in [0.1, 0.15) is 12.3 Å². The molecular formula is C16H17N3O4. The quantitative estimate of drug-likeness (QED) is 0.486. The fraction of sp³-hybridized carbons (Fsp3) is 0.188. The number of carbonyl (C=O) groups excluding carboxylic acids is 3. The standard InChI is InChI=1S/C16H17N3O4/c1-2-3-4-9-14(20)17-18-15(21)10-19-12-7-5-6-8-13(12)23-11-16(19)22/h2-9H,10-11H2,1H3,(H,17,20)(H,18,21)/b3-2+,9-4+. The highest BCUT2D eigenvalue weighted by atomic mass is 16.5. The Labute approximate surface area is 133 Å². The number of ether oxygens (including phenoxy) is 1. The molecule has 0 fully saturated rings. The number of hydrazine groups is 1. The lowest BCUT2D eigenvalue weighted by molar-refractivity contribution is -0.127. The third-order valence-corrected chi connectivity index (χ3v) is 2.99. The molecule has 0 radical (unpaired) electrons. The van der Waals surface area contributed by atoms with Crippen LogP contribution in [0.2, 0.25) is 0 Å². The summed E-state index contributed by atoms with van der Waals surface area (Å²) in [7, 11) is 0. The molecule has 0 saturated heterocycles. The Balaban J connectivity index is 1.93. The first-order valence-corrected chi connectivity index (χ1v) is 7.02. The number of benzene rings is 1. The summed E-state index contributed by atoms with van der Waals surface area (Å²) in [6.45, 7) is 1.49. The predicted octanol–water partition coefficient (Wildman–Crippen LogP) is 0.692. The zero-order valence-corrected chi connectivity index (χ0v) is 12.6. The summed E-state index contributed by atoms with van der Waals surface area (Å²) in [5.41, 5.74) is 5.03. The molecule has 0 aliphatic carbocycles. The second-order valence-electron chi connectivity index (χ2n) is 4.66. The lowest BCUT2D eigenvalue weighted by atomic mass is 10.2. The van der Waals surface area contributed by atoms with Crippen LogP contribution in [0.25, 0.3) is 0 Å². The number of rotatable bonds is 4. The molecule has 2 N–H and O–H groups in total. The van der Waals surface area contributed by atoms with Crippen LogP contribution in [0.15, 0.2) is 48.6 Å². The van der Waals surface area contributed by atoms with Crippen molar-refractivity contribution in [3.8, 4) is 5.75 Å². The maximum absolute atomic E-state index is 11.9. The van der Waals surface area contributed by atoms with E-state index >= 15 is 0 Å². The van der Waals surface area contributed by atoms with Gasteiger partial charge in [-0.1, -0.05) is 30.4 Å². The van der Waals surface area contributed by atoms with Crippen LogP contribution in [0.5, 0.6) is 5.75 Å². The molecule has 23 heavy (non-hydrogen) atoms. The van der Waals surface area contributed by atoms with Gasteiger partial charge < -0.3 is 4.74 Å². The molecule has 1 aromatic rings. The number of carbonyl (C=O) groups is 3. The number of para-hydroxylation sites is 2. The summed E-state index contributed by atoms with van der Waals surface area (Å²) < 4.78 is 5.29. The van der Waals surface area contributed by atoms with Gasteiger partial charge in [-0.25, -0.2) is 0 Å². The number of nitrogens with one attached hydrogen (secondary N) is 2. The molecule has 0 unspecified atom stereocenters. The van der Waals surface area contributed by atoms with E-state index in [1.165, 1.54) is 11.0 Å². The summed E-state index contributed by atoms with van der Waals surface area (Å²) in [4.78, 5) is 36.6. The van der Waals surface area contributed by atoms with Crippen molar-refractivity contribution in [1.29, 1.82) is 0 Å². The molecule has 7 heteroatoms. The van der Waals surface area contributed by atoms with Gasteiger partial charge in [0.25, 0.3) is 17.7 Å². The first-order valence-electron chi connectivity index (χ1n) is 7.02. The zero-order valence-electron chi connectivity index (χ0n) is 12.6. The van der Waals surface area contributed by atoms with E-state index in [1.807, 2.05) is 6.92 Å². The van der Waals surface area contributed by atoms with E-state index in [9.17, 15) is 14.4 Å². The van der Waals surface area contributed by atoms with E-state index in [0.717, 1.165) is 0 Å². The van der Waals surface area contributed by atoms with E-state index in [0.29, 0.717) is 11.4 Å².